The summed E-state index contributed by atoms with van der Waals surface area (Å²) in [5.41, 5.74) is 1.78. The van der Waals surface area contributed by atoms with E-state index in [-0.39, 0.29) is 12.3 Å². The van der Waals surface area contributed by atoms with E-state index in [1.165, 1.54) is 7.11 Å². The first kappa shape index (κ1) is 19.8. The van der Waals surface area contributed by atoms with Crippen molar-refractivity contribution in [3.8, 4) is 5.75 Å². The molecule has 8 heteroatoms. The van der Waals surface area contributed by atoms with Gasteiger partial charge in [-0.05, 0) is 42.0 Å². The van der Waals surface area contributed by atoms with Gasteiger partial charge in [-0.1, -0.05) is 24.3 Å². The van der Waals surface area contributed by atoms with Gasteiger partial charge in [0, 0.05) is 0 Å². The summed E-state index contributed by atoms with van der Waals surface area (Å²) >= 11 is 0. The van der Waals surface area contributed by atoms with Gasteiger partial charge in [0.05, 0.1) is 31.9 Å². The van der Waals surface area contributed by atoms with Gasteiger partial charge < -0.3 is 20.1 Å². The zero-order chi connectivity index (χ0) is 20.6. The van der Waals surface area contributed by atoms with Crippen molar-refractivity contribution >= 4 is 29.2 Å². The Hall–Kier alpha value is -3.94. The SMILES string of the molecule is COC(=O)c1ccccc1Nc1ccc(NC(=O)Cc2ccc(OC)cc2)nn1. The van der Waals surface area contributed by atoms with Crippen LogP contribution >= 0.6 is 0 Å². The molecular formula is C21H20N4O4. The Bertz CT molecular complexity index is 988. The molecule has 148 valence electrons. The third-order valence-corrected chi connectivity index (χ3v) is 4.05. The first-order valence-corrected chi connectivity index (χ1v) is 8.80. The fraction of sp³-hybridized carbons (Fsp3) is 0.143. The van der Waals surface area contributed by atoms with Crippen LogP contribution in [0.3, 0.4) is 0 Å². The van der Waals surface area contributed by atoms with Gasteiger partial charge in [-0.15, -0.1) is 10.2 Å². The molecule has 3 rings (SSSR count). The fourth-order valence-corrected chi connectivity index (χ4v) is 2.60. The van der Waals surface area contributed by atoms with Crippen LogP contribution in [-0.2, 0) is 16.0 Å². The van der Waals surface area contributed by atoms with Crippen molar-refractivity contribution in [2.75, 3.05) is 24.9 Å². The summed E-state index contributed by atoms with van der Waals surface area (Å²) in [6.07, 6.45) is 0.207. The number of hydrogen-bond donors (Lipinski definition) is 2. The molecule has 0 aliphatic rings. The number of carbonyl (C=O) groups is 2. The van der Waals surface area contributed by atoms with Crippen molar-refractivity contribution < 1.29 is 19.1 Å². The maximum Gasteiger partial charge on any atom is 0.339 e. The highest BCUT2D eigenvalue weighted by Crippen LogP contribution is 2.20. The second-order valence-electron chi connectivity index (χ2n) is 6.04. The number of amides is 1. The normalized spacial score (nSPS) is 10.1. The summed E-state index contributed by atoms with van der Waals surface area (Å²) < 4.78 is 9.87. The number of ether oxygens (including phenoxy) is 2. The molecule has 0 unspecified atom stereocenters. The number of carbonyl (C=O) groups excluding carboxylic acids is 2. The van der Waals surface area contributed by atoms with E-state index in [0.29, 0.717) is 22.9 Å². The Labute approximate surface area is 167 Å². The van der Waals surface area contributed by atoms with E-state index < -0.39 is 5.97 Å². The van der Waals surface area contributed by atoms with Crippen LogP contribution in [0.4, 0.5) is 17.3 Å². The van der Waals surface area contributed by atoms with E-state index in [9.17, 15) is 9.59 Å². The van der Waals surface area contributed by atoms with Crippen molar-refractivity contribution in [3.05, 3.63) is 71.8 Å². The molecule has 1 amide bonds. The van der Waals surface area contributed by atoms with Crippen LogP contribution in [0.25, 0.3) is 0 Å². The number of nitrogens with one attached hydrogen (secondary N) is 2. The van der Waals surface area contributed by atoms with Gasteiger partial charge in [0.1, 0.15) is 5.75 Å². The molecule has 3 aromatic rings. The van der Waals surface area contributed by atoms with Crippen LogP contribution in [0, 0.1) is 0 Å². The van der Waals surface area contributed by atoms with Gasteiger partial charge in [-0.2, -0.15) is 0 Å². The summed E-state index contributed by atoms with van der Waals surface area (Å²) in [6.45, 7) is 0. The summed E-state index contributed by atoms with van der Waals surface area (Å²) in [4.78, 5) is 24.0. The zero-order valence-electron chi connectivity index (χ0n) is 16.0. The zero-order valence-corrected chi connectivity index (χ0v) is 16.0. The van der Waals surface area contributed by atoms with Gasteiger partial charge in [0.15, 0.2) is 11.6 Å². The minimum atomic E-state index is -0.455. The van der Waals surface area contributed by atoms with Crippen LogP contribution in [-0.4, -0.2) is 36.3 Å². The first-order chi connectivity index (χ1) is 14.1. The van der Waals surface area contributed by atoms with Crippen LogP contribution in [0.15, 0.2) is 60.7 Å². The van der Waals surface area contributed by atoms with Gasteiger partial charge >= 0.3 is 5.97 Å². The molecule has 0 spiro atoms. The number of hydrogen-bond acceptors (Lipinski definition) is 7. The molecule has 8 nitrogen and oxygen atoms in total. The van der Waals surface area contributed by atoms with Crippen LogP contribution in [0.1, 0.15) is 15.9 Å². The molecule has 0 atom stereocenters. The summed E-state index contributed by atoms with van der Waals surface area (Å²) in [6, 6.07) is 17.5. The molecular weight excluding hydrogens is 372 g/mol. The predicted molar refractivity (Wildman–Crippen MR) is 108 cm³/mol. The molecule has 0 saturated carbocycles. The minimum Gasteiger partial charge on any atom is -0.497 e. The summed E-state index contributed by atoms with van der Waals surface area (Å²) in [7, 11) is 2.91. The highest BCUT2D eigenvalue weighted by Gasteiger charge is 2.12. The number of methoxy groups -OCH3 is 2. The number of nitrogens with zero attached hydrogens (tertiary/aromatic N) is 2. The molecule has 0 fully saturated rings. The lowest BCUT2D eigenvalue weighted by Gasteiger charge is -2.10. The lowest BCUT2D eigenvalue weighted by atomic mass is 10.1. The van der Waals surface area contributed by atoms with Crippen molar-refractivity contribution in [3.63, 3.8) is 0 Å². The predicted octanol–water partition coefficient (Wildman–Crippen LogP) is 3.20. The third-order valence-electron chi connectivity index (χ3n) is 4.05. The molecule has 29 heavy (non-hydrogen) atoms. The monoisotopic (exact) mass is 392 g/mol. The largest absolute Gasteiger partial charge is 0.497 e. The smallest absolute Gasteiger partial charge is 0.339 e. The van der Waals surface area contributed by atoms with Crippen LogP contribution < -0.4 is 15.4 Å². The lowest BCUT2D eigenvalue weighted by Crippen LogP contribution is -2.15. The van der Waals surface area contributed by atoms with E-state index in [2.05, 4.69) is 20.8 Å². The minimum absolute atomic E-state index is 0.207. The fourth-order valence-electron chi connectivity index (χ4n) is 2.60. The Morgan fingerprint density at radius 3 is 2.24 bits per heavy atom. The van der Waals surface area contributed by atoms with Crippen molar-refractivity contribution in [1.29, 1.82) is 0 Å². The maximum absolute atomic E-state index is 12.2. The number of para-hydroxylation sites is 1. The molecule has 1 heterocycles. The third kappa shape index (κ3) is 5.29. The highest BCUT2D eigenvalue weighted by molar-refractivity contribution is 5.96. The quantitative estimate of drug-likeness (QED) is 0.595. The van der Waals surface area contributed by atoms with E-state index in [1.807, 2.05) is 12.1 Å². The molecule has 0 radical (unpaired) electrons. The van der Waals surface area contributed by atoms with Crippen molar-refractivity contribution in [2.24, 2.45) is 0 Å². The second kappa shape index (κ2) is 9.32. The number of benzene rings is 2. The molecule has 0 aliphatic heterocycles. The topological polar surface area (TPSA) is 102 Å². The average Bonchev–Trinajstić information content (AvgIpc) is 2.75. The molecule has 0 saturated heterocycles. The molecule has 0 bridgehead atoms. The Kier molecular flexibility index (Phi) is 6.36. The molecule has 2 aromatic carbocycles. The first-order valence-electron chi connectivity index (χ1n) is 8.80. The molecule has 1 aromatic heterocycles. The maximum atomic E-state index is 12.2. The number of aromatic nitrogens is 2. The summed E-state index contributed by atoms with van der Waals surface area (Å²) in [5, 5.41) is 13.8. The van der Waals surface area contributed by atoms with Crippen LogP contribution in [0.5, 0.6) is 5.75 Å². The summed E-state index contributed by atoms with van der Waals surface area (Å²) in [5.74, 6) is 0.825. The Morgan fingerprint density at radius 2 is 1.59 bits per heavy atom. The van der Waals surface area contributed by atoms with Gasteiger partial charge in [0.25, 0.3) is 0 Å². The van der Waals surface area contributed by atoms with Gasteiger partial charge in [-0.3, -0.25) is 4.79 Å². The number of anilines is 3. The lowest BCUT2D eigenvalue weighted by molar-refractivity contribution is -0.115. The van der Waals surface area contributed by atoms with E-state index >= 15 is 0 Å². The van der Waals surface area contributed by atoms with E-state index in [1.54, 1.807) is 55.6 Å². The van der Waals surface area contributed by atoms with Crippen LogP contribution in [0.2, 0.25) is 0 Å². The molecule has 2 N–H and O–H groups in total. The number of esters is 1. The number of rotatable bonds is 7. The standard InChI is InChI=1S/C21H20N4O4/c1-28-15-9-7-14(8-10-15)13-20(26)23-19-12-11-18(24-25-19)22-17-6-4-3-5-16(17)21(27)29-2/h3-12H,13H2,1-2H3,(H,22,24)(H,23,25,26). The second-order valence-corrected chi connectivity index (χ2v) is 6.04. The van der Waals surface area contributed by atoms with E-state index in [4.69, 9.17) is 9.47 Å². The van der Waals surface area contributed by atoms with Crippen molar-refractivity contribution in [2.45, 2.75) is 6.42 Å². The van der Waals surface area contributed by atoms with Gasteiger partial charge in [0.2, 0.25) is 5.91 Å². The van der Waals surface area contributed by atoms with Gasteiger partial charge in [-0.25, -0.2) is 4.79 Å². The highest BCUT2D eigenvalue weighted by atomic mass is 16.5. The molecule has 0 aliphatic carbocycles. The van der Waals surface area contributed by atoms with Crippen molar-refractivity contribution in [1.82, 2.24) is 10.2 Å². The van der Waals surface area contributed by atoms with E-state index in [0.717, 1.165) is 11.3 Å². The Balaban J connectivity index is 1.61. The Morgan fingerprint density at radius 1 is 0.897 bits per heavy atom. The average molecular weight is 392 g/mol.